The van der Waals surface area contributed by atoms with Crippen LogP contribution in [-0.4, -0.2) is 47.5 Å². The summed E-state index contributed by atoms with van der Waals surface area (Å²) in [5.41, 5.74) is 7.08. The van der Waals surface area contributed by atoms with Crippen LogP contribution in [0.1, 0.15) is 38.3 Å². The van der Waals surface area contributed by atoms with Crippen molar-refractivity contribution in [3.05, 3.63) is 11.1 Å². The van der Waals surface area contributed by atoms with Gasteiger partial charge in [0.05, 0.1) is 5.69 Å². The van der Waals surface area contributed by atoms with Crippen molar-refractivity contribution < 1.29 is 4.79 Å². The normalized spacial score (nSPS) is 27.2. The quantitative estimate of drug-likeness (QED) is 0.905. The Morgan fingerprint density at radius 1 is 1.32 bits per heavy atom. The number of thiazole rings is 1. The lowest BCUT2D eigenvalue weighted by molar-refractivity contribution is -0.139. The van der Waals surface area contributed by atoms with Crippen molar-refractivity contribution in [2.75, 3.05) is 24.5 Å². The van der Waals surface area contributed by atoms with Crippen LogP contribution in [0, 0.1) is 12.8 Å². The minimum Gasteiger partial charge on any atom is -0.348 e. The first kappa shape index (κ1) is 15.7. The molecule has 2 atom stereocenters. The molecule has 0 spiro atoms. The summed E-state index contributed by atoms with van der Waals surface area (Å²) in [5, 5.41) is 3.19. The first-order valence-electron chi connectivity index (χ1n) is 8.27. The minimum absolute atomic E-state index is 0.175. The Morgan fingerprint density at radius 3 is 2.64 bits per heavy atom. The van der Waals surface area contributed by atoms with E-state index in [1.807, 2.05) is 6.92 Å². The highest BCUT2D eigenvalue weighted by Crippen LogP contribution is 2.28. The van der Waals surface area contributed by atoms with E-state index in [2.05, 4.69) is 27.1 Å². The number of anilines is 1. The number of carbonyl (C=O) groups is 1. The molecule has 0 saturated carbocycles. The minimum atomic E-state index is 0.175. The number of amides is 1. The maximum Gasteiger partial charge on any atom is 0.226 e. The molecule has 1 aromatic rings. The van der Waals surface area contributed by atoms with E-state index in [0.29, 0.717) is 5.91 Å². The monoisotopic (exact) mass is 322 g/mol. The lowest BCUT2D eigenvalue weighted by Crippen LogP contribution is -2.51. The second-order valence-electron chi connectivity index (χ2n) is 6.70. The number of aryl methyl sites for hydroxylation is 1. The van der Waals surface area contributed by atoms with Crippen molar-refractivity contribution in [3.63, 3.8) is 0 Å². The van der Waals surface area contributed by atoms with Gasteiger partial charge in [-0.1, -0.05) is 0 Å². The molecule has 2 N–H and O–H groups in total. The third kappa shape index (κ3) is 3.27. The lowest BCUT2D eigenvalue weighted by atomic mass is 9.92. The molecule has 122 valence electrons. The molecule has 0 bridgehead atoms. The maximum atomic E-state index is 12.8. The van der Waals surface area contributed by atoms with Crippen LogP contribution in [-0.2, 0) is 4.79 Å². The van der Waals surface area contributed by atoms with Crippen LogP contribution in [0.5, 0.6) is 0 Å². The lowest BCUT2D eigenvalue weighted by Gasteiger charge is -2.40. The number of nitrogens with two attached hydrogens (primary N) is 1. The van der Waals surface area contributed by atoms with Gasteiger partial charge in [0.1, 0.15) is 0 Å². The highest BCUT2D eigenvalue weighted by Gasteiger charge is 2.33. The summed E-state index contributed by atoms with van der Waals surface area (Å²) in [6.45, 7) is 6.85. The molecule has 1 amide bonds. The van der Waals surface area contributed by atoms with Crippen LogP contribution in [0.4, 0.5) is 5.13 Å². The number of piperidine rings is 2. The summed E-state index contributed by atoms with van der Waals surface area (Å²) < 4.78 is 0. The second kappa shape index (κ2) is 6.54. The summed E-state index contributed by atoms with van der Waals surface area (Å²) in [6.07, 6.45) is 3.75. The third-order valence-electron chi connectivity index (χ3n) is 4.92. The predicted molar refractivity (Wildman–Crippen MR) is 90.2 cm³/mol. The Hall–Kier alpha value is -1.14. The molecule has 2 saturated heterocycles. The first-order valence-corrected chi connectivity index (χ1v) is 9.15. The fraction of sp³-hybridized carbons (Fsp3) is 0.750. The van der Waals surface area contributed by atoms with E-state index in [-0.39, 0.29) is 18.0 Å². The number of aromatic nitrogens is 1. The van der Waals surface area contributed by atoms with Crippen molar-refractivity contribution in [3.8, 4) is 0 Å². The van der Waals surface area contributed by atoms with Crippen LogP contribution in [0.15, 0.2) is 5.38 Å². The van der Waals surface area contributed by atoms with Crippen LogP contribution >= 0.6 is 11.3 Å². The van der Waals surface area contributed by atoms with Crippen LogP contribution in [0.25, 0.3) is 0 Å². The number of rotatable bonds is 2. The van der Waals surface area contributed by atoms with E-state index in [0.717, 1.165) is 56.1 Å². The van der Waals surface area contributed by atoms with Crippen molar-refractivity contribution in [2.45, 2.75) is 51.6 Å². The van der Waals surface area contributed by atoms with Gasteiger partial charge in [0.2, 0.25) is 5.91 Å². The number of nitrogens with zero attached hydrogens (tertiary/aromatic N) is 3. The predicted octanol–water partition coefficient (Wildman–Crippen LogP) is 2.01. The Bertz CT molecular complexity index is 524. The van der Waals surface area contributed by atoms with Gasteiger partial charge in [-0.15, -0.1) is 11.3 Å². The van der Waals surface area contributed by atoms with Gasteiger partial charge in [-0.05, 0) is 39.5 Å². The van der Waals surface area contributed by atoms with Gasteiger partial charge in [-0.2, -0.15) is 0 Å². The molecular formula is C16H26N4OS. The summed E-state index contributed by atoms with van der Waals surface area (Å²) in [6, 6.07) is 0.546. The Morgan fingerprint density at radius 2 is 2.05 bits per heavy atom. The number of likely N-dealkylation sites (tertiary alicyclic amines) is 1. The zero-order chi connectivity index (χ0) is 15.7. The zero-order valence-corrected chi connectivity index (χ0v) is 14.3. The van der Waals surface area contributed by atoms with Gasteiger partial charge < -0.3 is 15.5 Å². The molecule has 0 aromatic carbocycles. The highest BCUT2D eigenvalue weighted by molar-refractivity contribution is 7.13. The Balaban J connectivity index is 1.55. The summed E-state index contributed by atoms with van der Waals surface area (Å²) in [4.78, 5) is 21.7. The highest BCUT2D eigenvalue weighted by atomic mass is 32.1. The second-order valence-corrected chi connectivity index (χ2v) is 7.53. The van der Waals surface area contributed by atoms with Gasteiger partial charge in [-0.3, -0.25) is 4.79 Å². The molecule has 22 heavy (non-hydrogen) atoms. The van der Waals surface area contributed by atoms with E-state index in [1.54, 1.807) is 11.3 Å². The van der Waals surface area contributed by atoms with Gasteiger partial charge >= 0.3 is 0 Å². The molecule has 6 heteroatoms. The average molecular weight is 322 g/mol. The van der Waals surface area contributed by atoms with Crippen LogP contribution < -0.4 is 10.6 Å². The van der Waals surface area contributed by atoms with E-state index in [4.69, 9.17) is 5.73 Å². The molecule has 2 aliphatic heterocycles. The van der Waals surface area contributed by atoms with Crippen molar-refractivity contribution >= 4 is 22.4 Å². The van der Waals surface area contributed by atoms with E-state index in [1.165, 1.54) is 0 Å². The third-order valence-corrected chi connectivity index (χ3v) is 5.94. The number of hydrogen-bond acceptors (Lipinski definition) is 5. The van der Waals surface area contributed by atoms with Gasteiger partial charge in [0.15, 0.2) is 5.13 Å². The summed E-state index contributed by atoms with van der Waals surface area (Å²) in [5.74, 6) is 0.517. The topological polar surface area (TPSA) is 62.5 Å². The molecule has 2 aliphatic rings. The van der Waals surface area contributed by atoms with E-state index in [9.17, 15) is 4.79 Å². The molecule has 1 aromatic heterocycles. The fourth-order valence-corrected chi connectivity index (χ4v) is 4.43. The summed E-state index contributed by atoms with van der Waals surface area (Å²) in [7, 11) is 0. The SMILES string of the molecule is Cc1csc(N2CCC(C(=O)N3CC[C@H](N)C[C@@H]3C)CC2)n1. The molecule has 3 heterocycles. The Kier molecular flexibility index (Phi) is 4.68. The van der Waals surface area contributed by atoms with Crippen molar-refractivity contribution in [2.24, 2.45) is 11.7 Å². The number of hydrogen-bond donors (Lipinski definition) is 1. The van der Waals surface area contributed by atoms with Gasteiger partial charge in [0, 0.05) is 43.0 Å². The van der Waals surface area contributed by atoms with E-state index < -0.39 is 0 Å². The largest absolute Gasteiger partial charge is 0.348 e. The van der Waals surface area contributed by atoms with Gasteiger partial charge in [-0.25, -0.2) is 4.98 Å². The van der Waals surface area contributed by atoms with Crippen molar-refractivity contribution in [1.29, 1.82) is 0 Å². The molecule has 0 unspecified atom stereocenters. The molecule has 3 rings (SSSR count). The standard InChI is InChI=1S/C16H26N4OS/c1-11-10-22-16(18-11)19-6-3-13(4-7-19)15(21)20-8-5-14(17)9-12(20)2/h10,12-14H,3-9,17H2,1-2H3/t12-,14-/m0/s1. The van der Waals surface area contributed by atoms with E-state index >= 15 is 0 Å². The van der Waals surface area contributed by atoms with Crippen molar-refractivity contribution in [1.82, 2.24) is 9.88 Å². The first-order chi connectivity index (χ1) is 10.5. The molecule has 5 nitrogen and oxygen atoms in total. The maximum absolute atomic E-state index is 12.8. The van der Waals surface area contributed by atoms with Crippen LogP contribution in [0.3, 0.4) is 0 Å². The molecule has 0 aliphatic carbocycles. The number of carbonyl (C=O) groups excluding carboxylic acids is 1. The molecule has 2 fully saturated rings. The smallest absolute Gasteiger partial charge is 0.226 e. The average Bonchev–Trinajstić information content (AvgIpc) is 2.93. The Labute approximate surface area is 136 Å². The molecule has 0 radical (unpaired) electrons. The zero-order valence-electron chi connectivity index (χ0n) is 13.5. The fourth-order valence-electron chi connectivity index (χ4n) is 3.57. The molecular weight excluding hydrogens is 296 g/mol. The summed E-state index contributed by atoms with van der Waals surface area (Å²) >= 11 is 1.70. The van der Waals surface area contributed by atoms with Gasteiger partial charge in [0.25, 0.3) is 0 Å². The van der Waals surface area contributed by atoms with Crippen LogP contribution in [0.2, 0.25) is 0 Å².